The van der Waals surface area contributed by atoms with E-state index in [1.54, 1.807) is 20.8 Å². The molecule has 1 saturated heterocycles. The molecule has 0 aliphatic carbocycles. The lowest BCUT2D eigenvalue weighted by Gasteiger charge is -2.30. The highest BCUT2D eigenvalue weighted by atomic mass is 16.5. The van der Waals surface area contributed by atoms with Gasteiger partial charge in [-0.15, -0.1) is 0 Å². The van der Waals surface area contributed by atoms with Crippen LogP contribution < -0.4 is 11.1 Å². The summed E-state index contributed by atoms with van der Waals surface area (Å²) in [5.41, 5.74) is 4.80. The molecule has 0 spiro atoms. The standard InChI is InChI=1S/C12H23N3O3/c1-12(2,3)11(17)14-9(10(13)16)8-15-4-6-18-7-5-15/h9H,4-8H2,1-3H3,(H2,13,16)(H,14,17). The summed E-state index contributed by atoms with van der Waals surface area (Å²) in [6, 6.07) is -0.644. The van der Waals surface area contributed by atoms with E-state index in [1.165, 1.54) is 0 Å². The highest BCUT2D eigenvalue weighted by Crippen LogP contribution is 2.13. The highest BCUT2D eigenvalue weighted by molar-refractivity contribution is 5.88. The Balaban J connectivity index is 2.54. The number of primary amides is 1. The maximum Gasteiger partial charge on any atom is 0.241 e. The van der Waals surface area contributed by atoms with Crippen LogP contribution in [0.4, 0.5) is 0 Å². The van der Waals surface area contributed by atoms with Gasteiger partial charge in [0, 0.05) is 25.0 Å². The van der Waals surface area contributed by atoms with Crippen LogP contribution in [0.25, 0.3) is 0 Å². The number of ether oxygens (including phenoxy) is 1. The summed E-state index contributed by atoms with van der Waals surface area (Å²) in [5, 5.41) is 2.71. The Morgan fingerprint density at radius 2 is 1.89 bits per heavy atom. The Bertz CT molecular complexity index is 306. The van der Waals surface area contributed by atoms with Crippen molar-refractivity contribution in [2.45, 2.75) is 26.8 Å². The maximum atomic E-state index is 11.9. The molecule has 104 valence electrons. The number of carbonyl (C=O) groups excluding carboxylic acids is 2. The molecule has 1 fully saturated rings. The first-order valence-electron chi connectivity index (χ1n) is 6.21. The predicted octanol–water partition coefficient (Wildman–Crippen LogP) is -0.665. The molecule has 1 aliphatic rings. The van der Waals surface area contributed by atoms with Crippen molar-refractivity contribution in [1.82, 2.24) is 10.2 Å². The topological polar surface area (TPSA) is 84.7 Å². The Kier molecular flexibility index (Phi) is 5.10. The molecule has 0 aromatic carbocycles. The molecular weight excluding hydrogens is 234 g/mol. The van der Waals surface area contributed by atoms with Gasteiger partial charge in [-0.2, -0.15) is 0 Å². The first-order valence-corrected chi connectivity index (χ1v) is 6.21. The minimum absolute atomic E-state index is 0.167. The fourth-order valence-corrected chi connectivity index (χ4v) is 1.62. The van der Waals surface area contributed by atoms with Gasteiger partial charge in [0.2, 0.25) is 11.8 Å². The van der Waals surface area contributed by atoms with Crippen LogP contribution in [-0.2, 0) is 14.3 Å². The van der Waals surface area contributed by atoms with Gasteiger partial charge in [0.05, 0.1) is 13.2 Å². The maximum absolute atomic E-state index is 11.9. The zero-order chi connectivity index (χ0) is 13.8. The molecule has 1 unspecified atom stereocenters. The van der Waals surface area contributed by atoms with Gasteiger partial charge in [0.25, 0.3) is 0 Å². The fraction of sp³-hybridized carbons (Fsp3) is 0.833. The van der Waals surface area contributed by atoms with Crippen LogP contribution in [0.1, 0.15) is 20.8 Å². The second kappa shape index (κ2) is 6.15. The third-order valence-corrected chi connectivity index (χ3v) is 2.87. The molecule has 18 heavy (non-hydrogen) atoms. The predicted molar refractivity (Wildman–Crippen MR) is 67.8 cm³/mol. The van der Waals surface area contributed by atoms with Gasteiger partial charge in [-0.05, 0) is 0 Å². The average molecular weight is 257 g/mol. The van der Waals surface area contributed by atoms with E-state index < -0.39 is 17.4 Å². The zero-order valence-corrected chi connectivity index (χ0v) is 11.4. The van der Waals surface area contributed by atoms with Crippen molar-refractivity contribution < 1.29 is 14.3 Å². The summed E-state index contributed by atoms with van der Waals surface area (Å²) < 4.78 is 5.23. The molecule has 1 aliphatic heterocycles. The number of nitrogens with two attached hydrogens (primary N) is 1. The molecule has 0 bridgehead atoms. The minimum atomic E-state index is -0.644. The van der Waals surface area contributed by atoms with E-state index in [4.69, 9.17) is 10.5 Å². The van der Waals surface area contributed by atoms with E-state index in [9.17, 15) is 9.59 Å². The van der Waals surface area contributed by atoms with Crippen molar-refractivity contribution in [2.24, 2.45) is 11.1 Å². The zero-order valence-electron chi connectivity index (χ0n) is 11.4. The average Bonchev–Trinajstić information content (AvgIpc) is 2.28. The third kappa shape index (κ3) is 4.62. The Morgan fingerprint density at radius 1 is 1.33 bits per heavy atom. The number of hydrogen-bond donors (Lipinski definition) is 2. The first kappa shape index (κ1) is 14.9. The largest absolute Gasteiger partial charge is 0.379 e. The lowest BCUT2D eigenvalue weighted by Crippen LogP contribution is -2.55. The van der Waals surface area contributed by atoms with E-state index >= 15 is 0 Å². The van der Waals surface area contributed by atoms with Crippen molar-refractivity contribution in [3.8, 4) is 0 Å². The molecule has 1 rings (SSSR count). The van der Waals surface area contributed by atoms with Crippen LogP contribution >= 0.6 is 0 Å². The monoisotopic (exact) mass is 257 g/mol. The van der Waals surface area contributed by atoms with E-state index in [0.29, 0.717) is 19.8 Å². The van der Waals surface area contributed by atoms with Crippen molar-refractivity contribution in [3.63, 3.8) is 0 Å². The Labute approximate surface area is 108 Å². The molecule has 0 aromatic heterocycles. The lowest BCUT2D eigenvalue weighted by molar-refractivity contribution is -0.133. The highest BCUT2D eigenvalue weighted by Gasteiger charge is 2.28. The van der Waals surface area contributed by atoms with Crippen LogP contribution in [0.2, 0.25) is 0 Å². The summed E-state index contributed by atoms with van der Waals surface area (Å²) in [5.74, 6) is -0.668. The molecule has 0 radical (unpaired) electrons. The van der Waals surface area contributed by atoms with E-state index in [0.717, 1.165) is 13.1 Å². The van der Waals surface area contributed by atoms with Crippen molar-refractivity contribution in [2.75, 3.05) is 32.8 Å². The normalized spacial score (nSPS) is 19.3. The number of rotatable bonds is 4. The third-order valence-electron chi connectivity index (χ3n) is 2.87. The lowest BCUT2D eigenvalue weighted by atomic mass is 9.95. The molecular formula is C12H23N3O3. The van der Waals surface area contributed by atoms with Gasteiger partial charge in [0.1, 0.15) is 6.04 Å². The molecule has 1 atom stereocenters. The van der Waals surface area contributed by atoms with Crippen molar-refractivity contribution >= 4 is 11.8 Å². The summed E-state index contributed by atoms with van der Waals surface area (Å²) in [7, 11) is 0. The van der Waals surface area contributed by atoms with Gasteiger partial charge >= 0.3 is 0 Å². The molecule has 6 nitrogen and oxygen atoms in total. The number of nitrogens with zero attached hydrogens (tertiary/aromatic N) is 1. The number of amides is 2. The summed E-state index contributed by atoms with van der Waals surface area (Å²) in [6.45, 7) is 8.67. The molecule has 2 amide bonds. The minimum Gasteiger partial charge on any atom is -0.379 e. The number of carbonyl (C=O) groups is 2. The fourth-order valence-electron chi connectivity index (χ4n) is 1.62. The van der Waals surface area contributed by atoms with Gasteiger partial charge in [0.15, 0.2) is 0 Å². The molecule has 6 heteroatoms. The molecule has 0 aromatic rings. The summed E-state index contributed by atoms with van der Waals surface area (Å²) in [4.78, 5) is 25.3. The molecule has 0 saturated carbocycles. The summed E-state index contributed by atoms with van der Waals surface area (Å²) in [6.07, 6.45) is 0. The van der Waals surface area contributed by atoms with E-state index in [-0.39, 0.29) is 5.91 Å². The Hall–Kier alpha value is -1.14. The van der Waals surface area contributed by atoms with E-state index in [1.807, 2.05) is 0 Å². The number of hydrogen-bond acceptors (Lipinski definition) is 4. The van der Waals surface area contributed by atoms with Gasteiger partial charge in [-0.1, -0.05) is 20.8 Å². The van der Waals surface area contributed by atoms with E-state index in [2.05, 4.69) is 10.2 Å². The van der Waals surface area contributed by atoms with Crippen LogP contribution in [0.15, 0.2) is 0 Å². The Morgan fingerprint density at radius 3 is 2.33 bits per heavy atom. The first-order chi connectivity index (χ1) is 8.30. The van der Waals surface area contributed by atoms with Crippen LogP contribution in [0.3, 0.4) is 0 Å². The SMILES string of the molecule is CC(C)(C)C(=O)NC(CN1CCOCC1)C(N)=O. The summed E-state index contributed by atoms with van der Waals surface area (Å²) >= 11 is 0. The second-order valence-corrected chi connectivity index (χ2v) is 5.59. The number of morpholine rings is 1. The van der Waals surface area contributed by atoms with Crippen LogP contribution in [-0.4, -0.2) is 55.6 Å². The molecule has 3 N–H and O–H groups in total. The molecule has 1 heterocycles. The van der Waals surface area contributed by atoms with Crippen LogP contribution in [0.5, 0.6) is 0 Å². The van der Waals surface area contributed by atoms with Crippen molar-refractivity contribution in [3.05, 3.63) is 0 Å². The van der Waals surface area contributed by atoms with Gasteiger partial charge in [-0.25, -0.2) is 0 Å². The number of nitrogens with one attached hydrogen (secondary N) is 1. The van der Waals surface area contributed by atoms with Crippen molar-refractivity contribution in [1.29, 1.82) is 0 Å². The smallest absolute Gasteiger partial charge is 0.241 e. The van der Waals surface area contributed by atoms with Gasteiger partial charge in [-0.3, -0.25) is 14.5 Å². The quantitative estimate of drug-likeness (QED) is 0.700. The van der Waals surface area contributed by atoms with Crippen LogP contribution in [0, 0.1) is 5.41 Å². The van der Waals surface area contributed by atoms with Gasteiger partial charge < -0.3 is 15.8 Å². The second-order valence-electron chi connectivity index (χ2n) is 5.59.